The lowest BCUT2D eigenvalue weighted by molar-refractivity contribution is 0.194. The molecule has 1 fully saturated rings. The first-order valence-electron chi connectivity index (χ1n) is 11.0. The summed E-state index contributed by atoms with van der Waals surface area (Å²) >= 11 is 0. The highest BCUT2D eigenvalue weighted by molar-refractivity contribution is 4.85. The first-order valence-corrected chi connectivity index (χ1v) is 11.0. The zero-order chi connectivity index (χ0) is 17.9. The fourth-order valence-corrected chi connectivity index (χ4v) is 4.85. The zero-order valence-corrected chi connectivity index (χ0v) is 17.5. The third-order valence-corrected chi connectivity index (χ3v) is 6.68. The summed E-state index contributed by atoms with van der Waals surface area (Å²) in [7, 11) is 0. The number of hydrogen-bond donors (Lipinski definition) is 2. The van der Waals surface area contributed by atoms with Crippen molar-refractivity contribution in [3.63, 3.8) is 0 Å². The molecular weight excluding hydrogens is 292 g/mol. The summed E-state index contributed by atoms with van der Waals surface area (Å²) in [6.07, 6.45) is 11.3. The summed E-state index contributed by atoms with van der Waals surface area (Å²) in [6, 6.07) is 1.44. The molecule has 0 aromatic carbocycles. The summed E-state index contributed by atoms with van der Waals surface area (Å²) < 4.78 is 0. The van der Waals surface area contributed by atoms with Crippen molar-refractivity contribution in [2.24, 2.45) is 23.7 Å². The number of nitrogens with one attached hydrogen (secondary N) is 2. The number of unbranched alkanes of at least 4 members (excludes halogenated alkanes) is 2. The molecule has 1 aliphatic rings. The third-order valence-electron chi connectivity index (χ3n) is 6.68. The molecule has 2 heteroatoms. The van der Waals surface area contributed by atoms with E-state index in [1.807, 2.05) is 0 Å². The van der Waals surface area contributed by atoms with Crippen molar-refractivity contribution in [3.8, 4) is 0 Å². The van der Waals surface area contributed by atoms with Crippen molar-refractivity contribution in [1.82, 2.24) is 10.6 Å². The normalized spacial score (nSPS) is 26.2. The van der Waals surface area contributed by atoms with Gasteiger partial charge in [0.1, 0.15) is 0 Å². The topological polar surface area (TPSA) is 24.1 Å². The molecular formula is C22H46N2. The lowest BCUT2D eigenvalue weighted by Gasteiger charge is -2.33. The summed E-state index contributed by atoms with van der Waals surface area (Å²) in [5, 5.41) is 7.34. The second-order valence-electron chi connectivity index (χ2n) is 8.50. The van der Waals surface area contributed by atoms with Gasteiger partial charge in [-0.2, -0.15) is 0 Å². The van der Waals surface area contributed by atoms with E-state index in [1.54, 1.807) is 0 Å². The molecule has 6 atom stereocenters. The van der Waals surface area contributed by atoms with Gasteiger partial charge >= 0.3 is 0 Å². The Morgan fingerprint density at radius 1 is 0.958 bits per heavy atom. The van der Waals surface area contributed by atoms with Crippen molar-refractivity contribution in [1.29, 1.82) is 0 Å². The van der Waals surface area contributed by atoms with Crippen molar-refractivity contribution < 1.29 is 0 Å². The van der Waals surface area contributed by atoms with Gasteiger partial charge in [0, 0.05) is 12.1 Å². The second kappa shape index (κ2) is 12.3. The van der Waals surface area contributed by atoms with Crippen molar-refractivity contribution in [2.75, 3.05) is 13.1 Å². The molecule has 0 radical (unpaired) electrons. The Bertz CT molecular complexity index is 304. The minimum absolute atomic E-state index is 0.645. The maximum Gasteiger partial charge on any atom is 0.00697 e. The Hall–Kier alpha value is -0.0800. The molecule has 6 unspecified atom stereocenters. The van der Waals surface area contributed by atoms with E-state index in [2.05, 4.69) is 52.2 Å². The summed E-state index contributed by atoms with van der Waals surface area (Å²) in [5.74, 6) is 3.51. The molecule has 0 heterocycles. The number of rotatable bonds is 13. The molecule has 0 saturated heterocycles. The SMILES string of the molecule is CCCCCC(CC(C)C1CCC(NCC)C1)C(C)C(C)NCC. The minimum Gasteiger partial charge on any atom is -0.314 e. The standard InChI is InChI=1S/C22H46N2/c1-7-10-11-12-21(18(5)19(6)23-8-2)15-17(4)20-13-14-22(16-20)24-9-3/h17-24H,7-16H2,1-6H3. The van der Waals surface area contributed by atoms with Crippen molar-refractivity contribution >= 4 is 0 Å². The van der Waals surface area contributed by atoms with Gasteiger partial charge in [-0.15, -0.1) is 0 Å². The van der Waals surface area contributed by atoms with Crippen LogP contribution in [0.1, 0.15) is 92.9 Å². The summed E-state index contributed by atoms with van der Waals surface area (Å²) in [6.45, 7) is 16.4. The van der Waals surface area contributed by atoms with Crippen LogP contribution >= 0.6 is 0 Å². The lowest BCUT2D eigenvalue weighted by atomic mass is 9.75. The highest BCUT2D eigenvalue weighted by atomic mass is 14.9. The van der Waals surface area contributed by atoms with Crippen molar-refractivity contribution in [3.05, 3.63) is 0 Å². The van der Waals surface area contributed by atoms with E-state index in [4.69, 9.17) is 0 Å². The Morgan fingerprint density at radius 3 is 2.33 bits per heavy atom. The molecule has 1 rings (SSSR count). The Balaban J connectivity index is 2.55. The van der Waals surface area contributed by atoms with Crippen LogP contribution in [0.3, 0.4) is 0 Å². The molecule has 0 aliphatic heterocycles. The van der Waals surface area contributed by atoms with Gasteiger partial charge in [0.15, 0.2) is 0 Å². The molecule has 0 aromatic rings. The first-order chi connectivity index (χ1) is 11.5. The van der Waals surface area contributed by atoms with E-state index in [9.17, 15) is 0 Å². The quantitative estimate of drug-likeness (QED) is 0.426. The van der Waals surface area contributed by atoms with Gasteiger partial charge in [0.25, 0.3) is 0 Å². The van der Waals surface area contributed by atoms with E-state index in [0.717, 1.165) is 42.8 Å². The number of hydrogen-bond acceptors (Lipinski definition) is 2. The maximum atomic E-state index is 3.67. The monoisotopic (exact) mass is 338 g/mol. The molecule has 0 amide bonds. The lowest BCUT2D eigenvalue weighted by Crippen LogP contribution is -2.36. The van der Waals surface area contributed by atoms with Crippen LogP contribution in [0.15, 0.2) is 0 Å². The fraction of sp³-hybridized carbons (Fsp3) is 1.00. The Kier molecular flexibility index (Phi) is 11.3. The van der Waals surface area contributed by atoms with Crippen LogP contribution in [0.2, 0.25) is 0 Å². The predicted octanol–water partition coefficient (Wildman–Crippen LogP) is 5.62. The van der Waals surface area contributed by atoms with Crippen LogP contribution in [-0.2, 0) is 0 Å². The fourth-order valence-electron chi connectivity index (χ4n) is 4.85. The van der Waals surface area contributed by atoms with Crippen LogP contribution in [0.25, 0.3) is 0 Å². The van der Waals surface area contributed by atoms with Crippen LogP contribution in [-0.4, -0.2) is 25.2 Å². The Labute approximate surface area is 152 Å². The van der Waals surface area contributed by atoms with Gasteiger partial charge in [0.2, 0.25) is 0 Å². The smallest absolute Gasteiger partial charge is 0.00697 e. The van der Waals surface area contributed by atoms with E-state index < -0.39 is 0 Å². The average molecular weight is 339 g/mol. The van der Waals surface area contributed by atoms with Crippen LogP contribution in [0.5, 0.6) is 0 Å². The molecule has 144 valence electrons. The largest absolute Gasteiger partial charge is 0.314 e. The summed E-state index contributed by atoms with van der Waals surface area (Å²) in [5.41, 5.74) is 0. The highest BCUT2D eigenvalue weighted by Gasteiger charge is 2.31. The predicted molar refractivity (Wildman–Crippen MR) is 109 cm³/mol. The molecule has 2 nitrogen and oxygen atoms in total. The van der Waals surface area contributed by atoms with Gasteiger partial charge in [0.05, 0.1) is 0 Å². The first kappa shape index (κ1) is 22.0. The van der Waals surface area contributed by atoms with E-state index in [-0.39, 0.29) is 0 Å². The van der Waals surface area contributed by atoms with Crippen molar-refractivity contribution in [2.45, 2.75) is 105 Å². The molecule has 0 spiro atoms. The van der Waals surface area contributed by atoms with Crippen LogP contribution < -0.4 is 10.6 Å². The van der Waals surface area contributed by atoms with E-state index >= 15 is 0 Å². The maximum absolute atomic E-state index is 3.67. The molecule has 24 heavy (non-hydrogen) atoms. The van der Waals surface area contributed by atoms with Crippen LogP contribution in [0.4, 0.5) is 0 Å². The molecule has 0 aromatic heterocycles. The van der Waals surface area contributed by atoms with Gasteiger partial charge in [-0.1, -0.05) is 60.3 Å². The van der Waals surface area contributed by atoms with Gasteiger partial charge in [-0.3, -0.25) is 0 Å². The second-order valence-corrected chi connectivity index (χ2v) is 8.50. The van der Waals surface area contributed by atoms with Gasteiger partial charge in [-0.05, 0) is 69.4 Å². The third kappa shape index (κ3) is 7.44. The van der Waals surface area contributed by atoms with Gasteiger partial charge in [-0.25, -0.2) is 0 Å². The molecule has 0 bridgehead atoms. The van der Waals surface area contributed by atoms with E-state index in [0.29, 0.717) is 6.04 Å². The van der Waals surface area contributed by atoms with Gasteiger partial charge < -0.3 is 10.6 Å². The molecule has 1 saturated carbocycles. The highest BCUT2D eigenvalue weighted by Crippen LogP contribution is 2.38. The average Bonchev–Trinajstić information content (AvgIpc) is 3.02. The summed E-state index contributed by atoms with van der Waals surface area (Å²) in [4.78, 5) is 0. The minimum atomic E-state index is 0.645. The molecule has 2 N–H and O–H groups in total. The van der Waals surface area contributed by atoms with E-state index in [1.165, 1.54) is 51.4 Å². The Morgan fingerprint density at radius 2 is 1.71 bits per heavy atom. The molecule has 1 aliphatic carbocycles. The zero-order valence-electron chi connectivity index (χ0n) is 17.5. The van der Waals surface area contributed by atoms with Crippen LogP contribution in [0, 0.1) is 23.7 Å².